The van der Waals surface area contributed by atoms with E-state index in [2.05, 4.69) is 0 Å². The van der Waals surface area contributed by atoms with Gasteiger partial charge in [0.15, 0.2) is 13.2 Å². The normalized spacial score (nSPS) is 15.7. The van der Waals surface area contributed by atoms with Crippen LogP contribution in [0.2, 0.25) is 0 Å². The Bertz CT molecular complexity index is 2310. The first kappa shape index (κ1) is 48.8. The van der Waals surface area contributed by atoms with Crippen molar-refractivity contribution in [3.05, 3.63) is 117 Å². The molecule has 4 aromatic rings. The smallest absolute Gasteiger partial charge is 0.491 e. The number of fused-ring (bicyclic) bond motifs is 2. The van der Waals surface area contributed by atoms with Gasteiger partial charge in [-0.25, -0.2) is 9.44 Å². The number of alkyl halides is 6. The average Bonchev–Trinajstić information content (AvgIpc) is 3.21. The minimum Gasteiger partial charge on any atom is -0.491 e. The number of ether oxygens (including phenoxy) is 7. The molecule has 1 aliphatic carbocycles. The lowest BCUT2D eigenvalue weighted by atomic mass is 9.91. The molecule has 10 bridgehead atoms. The Morgan fingerprint density at radius 3 is 1.00 bits per heavy atom. The molecule has 1 aliphatic heterocycles. The fraction of sp³-hybridized carbons (Fsp3) is 0.381. The van der Waals surface area contributed by atoms with Gasteiger partial charge in [-0.1, -0.05) is 72.8 Å². The highest BCUT2D eigenvalue weighted by Gasteiger charge is 2.48. The minimum absolute atomic E-state index is 0.0129. The van der Waals surface area contributed by atoms with Crippen LogP contribution in [0.5, 0.6) is 23.0 Å². The van der Waals surface area contributed by atoms with E-state index in [1.54, 1.807) is 72.8 Å². The molecular formula is C42H42F6N2O13S2. The lowest BCUT2D eigenvalue weighted by molar-refractivity contribution is -0.122. The summed E-state index contributed by atoms with van der Waals surface area (Å²) in [7, 11) is -12.1. The number of para-hydroxylation sites is 4. The highest BCUT2D eigenvalue weighted by molar-refractivity contribution is 7.91. The van der Waals surface area contributed by atoms with Crippen LogP contribution in [-0.2, 0) is 69.5 Å². The monoisotopic (exact) mass is 960 g/mol. The molecule has 2 aliphatic rings. The van der Waals surface area contributed by atoms with E-state index in [1.807, 2.05) is 0 Å². The molecule has 4 aromatic carbocycles. The summed E-state index contributed by atoms with van der Waals surface area (Å²) < 4.78 is 170. The second-order valence-corrected chi connectivity index (χ2v) is 17.7. The number of rotatable bonds is 8. The lowest BCUT2D eigenvalue weighted by Gasteiger charge is -2.23. The van der Waals surface area contributed by atoms with Crippen molar-refractivity contribution in [1.82, 2.24) is 9.44 Å². The van der Waals surface area contributed by atoms with Gasteiger partial charge in [0.2, 0.25) is 0 Å². The summed E-state index contributed by atoms with van der Waals surface area (Å²) >= 11 is 0. The third-order valence-corrected chi connectivity index (χ3v) is 11.9. The molecule has 15 nitrogen and oxygen atoms in total. The summed E-state index contributed by atoms with van der Waals surface area (Å²) in [5.41, 5.74) is -7.74. The molecule has 0 saturated carbocycles. The number of hydrogen-bond acceptors (Lipinski definition) is 13. The predicted octanol–water partition coefficient (Wildman–Crippen LogP) is 4.87. The van der Waals surface area contributed by atoms with E-state index in [0.717, 1.165) is 9.44 Å². The van der Waals surface area contributed by atoms with Crippen molar-refractivity contribution in [2.45, 2.75) is 36.7 Å². The van der Waals surface area contributed by atoms with E-state index >= 15 is 0 Å². The summed E-state index contributed by atoms with van der Waals surface area (Å²) in [5.74, 6) is -2.38. The molecule has 2 N–H and O–H groups in total. The summed E-state index contributed by atoms with van der Waals surface area (Å²) in [6.45, 7) is -1.06. The molecular weight excluding hydrogens is 919 g/mol. The molecule has 0 aromatic heterocycles. The van der Waals surface area contributed by atoms with Crippen LogP contribution in [0.25, 0.3) is 0 Å². The Morgan fingerprint density at radius 2 is 0.723 bits per heavy atom. The fourth-order valence-electron chi connectivity index (χ4n) is 6.93. The van der Waals surface area contributed by atoms with Gasteiger partial charge in [-0.2, -0.15) is 43.2 Å². The van der Waals surface area contributed by atoms with Gasteiger partial charge in [-0.3, -0.25) is 9.59 Å². The van der Waals surface area contributed by atoms with Crippen LogP contribution in [0.4, 0.5) is 26.3 Å². The molecule has 352 valence electrons. The molecule has 23 heteroatoms. The Kier molecular flexibility index (Phi) is 15.9. The molecule has 65 heavy (non-hydrogen) atoms. The van der Waals surface area contributed by atoms with E-state index in [9.17, 15) is 52.8 Å². The van der Waals surface area contributed by atoms with Gasteiger partial charge in [0.25, 0.3) is 11.8 Å². The van der Waals surface area contributed by atoms with E-state index in [-0.39, 0.29) is 90.0 Å². The van der Waals surface area contributed by atoms with Crippen LogP contribution >= 0.6 is 0 Å². The highest BCUT2D eigenvalue weighted by Crippen LogP contribution is 2.39. The van der Waals surface area contributed by atoms with Gasteiger partial charge < -0.3 is 33.2 Å². The third kappa shape index (κ3) is 12.8. The third-order valence-electron chi connectivity index (χ3n) is 9.73. The number of nitrogens with one attached hydrogen (secondary N) is 2. The zero-order valence-electron chi connectivity index (χ0n) is 34.2. The first-order valence-electron chi connectivity index (χ1n) is 19.7. The second-order valence-electron chi connectivity index (χ2n) is 14.4. The maximum Gasteiger partial charge on any atom is 0.516 e. The Hall–Kier alpha value is -5.62. The maximum absolute atomic E-state index is 13.2. The Balaban J connectivity index is 1.50. The van der Waals surface area contributed by atoms with Crippen LogP contribution in [0.15, 0.2) is 72.8 Å². The fourth-order valence-corrected chi connectivity index (χ4v) is 7.87. The summed E-state index contributed by atoms with van der Waals surface area (Å²) in [4.78, 5) is 25.4. The number of carbonyl (C=O) groups excluding carboxylic acids is 2. The number of amides is 2. The number of sulfonamides is 2. The molecule has 0 fully saturated rings. The Labute approximate surface area is 369 Å². The SMILES string of the molecule is O=C(COc1c2cccc1Cc1cccc3c1OCCOCCOCCOCCOc1c(cccc1Cc1cccc(c1OCC(=O)NS(=O)(=O)C(F)(F)F)C3)C2)NS(=O)(=O)C(F)(F)F. The van der Waals surface area contributed by atoms with E-state index in [4.69, 9.17) is 33.2 Å². The highest BCUT2D eigenvalue weighted by atomic mass is 32.2. The van der Waals surface area contributed by atoms with Gasteiger partial charge in [-0.05, 0) is 44.5 Å². The van der Waals surface area contributed by atoms with Crippen molar-refractivity contribution >= 4 is 31.9 Å². The molecule has 0 unspecified atom stereocenters. The summed E-state index contributed by atoms with van der Waals surface area (Å²) in [6, 6.07) is 20.3. The molecule has 6 rings (SSSR count). The topological polar surface area (TPSA) is 191 Å². The minimum atomic E-state index is -6.04. The van der Waals surface area contributed by atoms with Crippen molar-refractivity contribution < 1.29 is 85.9 Å². The second kappa shape index (κ2) is 21.1. The van der Waals surface area contributed by atoms with Gasteiger partial charge in [0, 0.05) is 25.7 Å². The van der Waals surface area contributed by atoms with E-state index in [0.29, 0.717) is 56.0 Å². The molecule has 0 spiro atoms. The molecule has 0 atom stereocenters. The maximum atomic E-state index is 13.2. The van der Waals surface area contributed by atoms with Crippen LogP contribution < -0.4 is 28.4 Å². The van der Waals surface area contributed by atoms with Crippen LogP contribution in [0.3, 0.4) is 0 Å². The van der Waals surface area contributed by atoms with Gasteiger partial charge in [0.1, 0.15) is 36.2 Å². The molecule has 2 amide bonds. The first-order valence-corrected chi connectivity index (χ1v) is 22.7. The van der Waals surface area contributed by atoms with E-state index in [1.165, 1.54) is 0 Å². The summed E-state index contributed by atoms with van der Waals surface area (Å²) in [6.07, 6.45) is 0.0615. The number of carbonyl (C=O) groups is 2. The number of hydrogen-bond donors (Lipinski definition) is 2. The van der Waals surface area contributed by atoms with Crippen molar-refractivity contribution in [1.29, 1.82) is 0 Å². The number of benzene rings is 4. The predicted molar refractivity (Wildman–Crippen MR) is 218 cm³/mol. The largest absolute Gasteiger partial charge is 0.516 e. The van der Waals surface area contributed by atoms with Crippen LogP contribution in [-0.4, -0.2) is 106 Å². The first-order chi connectivity index (χ1) is 30.8. The average molecular weight is 961 g/mol. The van der Waals surface area contributed by atoms with Gasteiger partial charge in [-0.15, -0.1) is 0 Å². The Morgan fingerprint density at radius 1 is 0.462 bits per heavy atom. The van der Waals surface area contributed by atoms with Gasteiger partial charge in [0.05, 0.1) is 39.6 Å². The van der Waals surface area contributed by atoms with Crippen LogP contribution in [0, 0.1) is 0 Å². The van der Waals surface area contributed by atoms with Crippen molar-refractivity contribution in [3.63, 3.8) is 0 Å². The van der Waals surface area contributed by atoms with Crippen LogP contribution in [0.1, 0.15) is 44.5 Å². The van der Waals surface area contributed by atoms with E-state index < -0.39 is 56.1 Å². The lowest BCUT2D eigenvalue weighted by Crippen LogP contribution is -2.42. The summed E-state index contributed by atoms with van der Waals surface area (Å²) in [5, 5.41) is 0. The molecule has 1 heterocycles. The zero-order chi connectivity index (χ0) is 46.8. The van der Waals surface area contributed by atoms with Crippen molar-refractivity contribution in [2.24, 2.45) is 0 Å². The molecule has 0 saturated heterocycles. The van der Waals surface area contributed by atoms with Crippen molar-refractivity contribution in [3.8, 4) is 23.0 Å². The number of halogens is 6. The zero-order valence-corrected chi connectivity index (χ0v) is 35.9. The van der Waals surface area contributed by atoms with Gasteiger partial charge >= 0.3 is 31.1 Å². The quantitative estimate of drug-likeness (QED) is 0.201. The standard InChI is InChI=1S/C42H42F6N2O13S2/c43-41(44,45)64(53,54)49-35(51)25-62-39-31-9-3-11-33(39)23-29-7-2-8-30-24-34-12-4-10-32(40(34)63-26-36(52)50-65(55,56)42(46,47)48)22-28-6-1-5-27(21-31)37(28)60-19-17-58-15-13-57-14-16-59-18-20-61-38(29)30/h1-12H,13-26H2,(H,49,51)(H,50,52). The molecule has 0 radical (unpaired) electrons. The van der Waals surface area contributed by atoms with Crippen molar-refractivity contribution in [2.75, 3.05) is 66.1 Å².